The molecule has 3 N–H and O–H groups in total. The number of thiazole rings is 1. The summed E-state index contributed by atoms with van der Waals surface area (Å²) in [4.78, 5) is 29.4. The number of ketones is 1. The molecule has 1 amide bonds. The van der Waals surface area contributed by atoms with Gasteiger partial charge in [0.15, 0.2) is 20.9 Å². The van der Waals surface area contributed by atoms with Gasteiger partial charge in [-0.1, -0.05) is 44.2 Å². The lowest BCUT2D eigenvalue weighted by atomic mass is 10.0. The molecule has 1 atom stereocenters. The van der Waals surface area contributed by atoms with Gasteiger partial charge in [0.25, 0.3) is 0 Å². The van der Waals surface area contributed by atoms with Crippen molar-refractivity contribution in [2.45, 2.75) is 38.4 Å². The number of nitrogens with zero attached hydrogens (tertiary/aromatic N) is 1. The van der Waals surface area contributed by atoms with Crippen LogP contribution in [0, 0.1) is 0 Å². The van der Waals surface area contributed by atoms with E-state index in [0.717, 1.165) is 28.9 Å². The number of amides is 1. The van der Waals surface area contributed by atoms with Gasteiger partial charge in [0.05, 0.1) is 21.7 Å². The van der Waals surface area contributed by atoms with Crippen LogP contribution in [0.15, 0.2) is 42.5 Å². The van der Waals surface area contributed by atoms with E-state index in [9.17, 15) is 26.4 Å². The summed E-state index contributed by atoms with van der Waals surface area (Å²) in [5.41, 5.74) is 2.94. The van der Waals surface area contributed by atoms with Crippen LogP contribution in [0.5, 0.6) is 0 Å². The summed E-state index contributed by atoms with van der Waals surface area (Å²) in [6, 6.07) is 12.8. The number of primary sulfonamides is 1. The van der Waals surface area contributed by atoms with Crippen molar-refractivity contribution in [3.05, 3.63) is 53.0 Å². The van der Waals surface area contributed by atoms with E-state index < -0.39 is 36.8 Å². The van der Waals surface area contributed by atoms with E-state index in [-0.39, 0.29) is 23.1 Å². The average Bonchev–Trinajstić information content (AvgIpc) is 3.20. The Balaban J connectivity index is 1.93. The molecule has 36 heavy (non-hydrogen) atoms. The normalized spacial score (nSPS) is 13.0. The third-order valence-electron chi connectivity index (χ3n) is 5.42. The maximum absolute atomic E-state index is 13.0. The van der Waals surface area contributed by atoms with Crippen LogP contribution in [0.3, 0.4) is 0 Å². The summed E-state index contributed by atoms with van der Waals surface area (Å²) < 4.78 is 49.0. The molecule has 2 aromatic carbocycles. The molecule has 0 radical (unpaired) electrons. The molecule has 12 heteroatoms. The summed E-state index contributed by atoms with van der Waals surface area (Å²) in [6.45, 7) is 3.35. The fourth-order valence-electron chi connectivity index (χ4n) is 3.69. The van der Waals surface area contributed by atoms with E-state index in [1.54, 1.807) is 25.1 Å². The fourth-order valence-corrected chi connectivity index (χ4v) is 7.23. The Bertz CT molecular complexity index is 1460. The second kappa shape index (κ2) is 11.6. The van der Waals surface area contributed by atoms with Gasteiger partial charge in [-0.25, -0.2) is 27.0 Å². The van der Waals surface area contributed by atoms with Gasteiger partial charge < -0.3 is 5.32 Å². The highest BCUT2D eigenvalue weighted by atomic mass is 32.2. The van der Waals surface area contributed by atoms with E-state index >= 15 is 0 Å². The van der Waals surface area contributed by atoms with Crippen molar-refractivity contribution in [2.75, 3.05) is 18.1 Å². The highest BCUT2D eigenvalue weighted by Crippen LogP contribution is 2.34. The predicted molar refractivity (Wildman–Crippen MR) is 142 cm³/mol. The second-order valence-corrected chi connectivity index (χ2v) is 13.4. The first-order chi connectivity index (χ1) is 16.9. The Morgan fingerprint density at radius 1 is 0.972 bits per heavy atom. The van der Waals surface area contributed by atoms with Gasteiger partial charge in [0.2, 0.25) is 15.9 Å². The standard InChI is InChI=1S/C24H29N3O6S3/c1-3-5-20(28)17-8-6-16(7-9-17)18-10-11-19-21(15-18)34-24(27-19)22(35(30,31)13-4-2)23(29)26-12-14-36(25,32)33/h6-11,15,22H,3-5,12-14H2,1-2H3,(H,26,29)(H2,25,32,33). The van der Waals surface area contributed by atoms with Crippen molar-refractivity contribution in [2.24, 2.45) is 5.14 Å². The third-order valence-corrected chi connectivity index (χ3v) is 9.56. The number of hydrogen-bond donors (Lipinski definition) is 2. The minimum atomic E-state index is -3.90. The number of fused-ring (bicyclic) bond motifs is 1. The van der Waals surface area contributed by atoms with Crippen molar-refractivity contribution in [1.29, 1.82) is 0 Å². The lowest BCUT2D eigenvalue weighted by Crippen LogP contribution is -2.38. The number of nitrogens with one attached hydrogen (secondary N) is 1. The molecule has 0 fully saturated rings. The molecule has 1 unspecified atom stereocenters. The number of nitrogens with two attached hydrogens (primary N) is 1. The predicted octanol–water partition coefficient (Wildman–Crippen LogP) is 3.22. The van der Waals surface area contributed by atoms with Crippen LogP contribution in [0.4, 0.5) is 0 Å². The molecule has 3 rings (SSSR count). The van der Waals surface area contributed by atoms with Crippen molar-refractivity contribution in [1.82, 2.24) is 10.3 Å². The van der Waals surface area contributed by atoms with E-state index in [0.29, 0.717) is 28.6 Å². The van der Waals surface area contributed by atoms with Crippen molar-refractivity contribution < 1.29 is 26.4 Å². The molecule has 0 spiro atoms. The molecule has 0 saturated heterocycles. The average molecular weight is 552 g/mol. The summed E-state index contributed by atoms with van der Waals surface area (Å²) >= 11 is 1.10. The number of sulfone groups is 1. The number of carbonyl (C=O) groups is 2. The fraction of sp³-hybridized carbons (Fsp3) is 0.375. The lowest BCUT2D eigenvalue weighted by molar-refractivity contribution is -0.120. The van der Waals surface area contributed by atoms with E-state index in [4.69, 9.17) is 5.14 Å². The zero-order chi connectivity index (χ0) is 26.5. The van der Waals surface area contributed by atoms with Crippen LogP contribution in [0.25, 0.3) is 21.3 Å². The van der Waals surface area contributed by atoms with Gasteiger partial charge in [-0.2, -0.15) is 0 Å². The zero-order valence-corrected chi connectivity index (χ0v) is 22.5. The van der Waals surface area contributed by atoms with Crippen LogP contribution in [0.2, 0.25) is 0 Å². The van der Waals surface area contributed by atoms with Gasteiger partial charge >= 0.3 is 0 Å². The third kappa shape index (κ3) is 6.96. The van der Waals surface area contributed by atoms with Crippen LogP contribution in [-0.4, -0.2) is 51.6 Å². The topological polar surface area (TPSA) is 153 Å². The Morgan fingerprint density at radius 2 is 1.64 bits per heavy atom. The quantitative estimate of drug-likeness (QED) is 0.328. The van der Waals surface area contributed by atoms with Crippen LogP contribution in [0.1, 0.15) is 53.7 Å². The molecule has 0 aliphatic rings. The molecule has 0 bridgehead atoms. The largest absolute Gasteiger partial charge is 0.354 e. The number of hydrogen-bond acceptors (Lipinski definition) is 8. The Kier molecular flexibility index (Phi) is 8.98. The molecule has 9 nitrogen and oxygen atoms in total. The SMILES string of the molecule is CCCC(=O)c1ccc(-c2ccc3nc(C(C(=O)NCCS(N)(=O)=O)S(=O)(=O)CCC)sc3c2)cc1. The summed E-state index contributed by atoms with van der Waals surface area (Å²) in [6.07, 6.45) is 1.59. The van der Waals surface area contributed by atoms with Gasteiger partial charge in [-0.05, 0) is 36.1 Å². The van der Waals surface area contributed by atoms with Crippen LogP contribution < -0.4 is 10.5 Å². The van der Waals surface area contributed by atoms with Crippen molar-refractivity contribution >= 4 is 53.1 Å². The summed E-state index contributed by atoms with van der Waals surface area (Å²) in [5.74, 6) is -1.47. The van der Waals surface area contributed by atoms with Gasteiger partial charge in [0, 0.05) is 18.5 Å². The van der Waals surface area contributed by atoms with Crippen LogP contribution >= 0.6 is 11.3 Å². The first-order valence-corrected chi connectivity index (χ1v) is 15.7. The lowest BCUT2D eigenvalue weighted by Gasteiger charge is -2.15. The number of sulfonamides is 1. The highest BCUT2D eigenvalue weighted by molar-refractivity contribution is 7.92. The van der Waals surface area contributed by atoms with Gasteiger partial charge in [0.1, 0.15) is 5.01 Å². The maximum Gasteiger partial charge on any atom is 0.245 e. The zero-order valence-electron chi connectivity index (χ0n) is 20.1. The van der Waals surface area contributed by atoms with E-state index in [1.807, 2.05) is 31.2 Å². The molecule has 1 heterocycles. The maximum atomic E-state index is 13.0. The van der Waals surface area contributed by atoms with Crippen molar-refractivity contribution in [3.63, 3.8) is 0 Å². The Hall–Kier alpha value is -2.67. The molecule has 194 valence electrons. The van der Waals surface area contributed by atoms with Gasteiger partial charge in [-0.15, -0.1) is 11.3 Å². The number of Topliss-reactive ketones (excluding diaryl/α,β-unsaturated/α-hetero) is 1. The number of benzene rings is 2. The first kappa shape index (κ1) is 27.9. The smallest absolute Gasteiger partial charge is 0.245 e. The molecule has 0 saturated carbocycles. The second-order valence-electron chi connectivity index (χ2n) is 8.39. The summed E-state index contributed by atoms with van der Waals surface area (Å²) in [7, 11) is -7.71. The minimum absolute atomic E-state index is 0.0910. The molecule has 0 aliphatic carbocycles. The van der Waals surface area contributed by atoms with E-state index in [2.05, 4.69) is 10.3 Å². The van der Waals surface area contributed by atoms with Crippen LogP contribution in [-0.2, 0) is 24.7 Å². The highest BCUT2D eigenvalue weighted by Gasteiger charge is 2.36. The number of aromatic nitrogens is 1. The molecular weight excluding hydrogens is 522 g/mol. The molecular formula is C24H29N3O6S3. The Morgan fingerprint density at radius 3 is 2.25 bits per heavy atom. The minimum Gasteiger partial charge on any atom is -0.354 e. The monoisotopic (exact) mass is 551 g/mol. The molecule has 3 aromatic rings. The number of rotatable bonds is 12. The molecule has 0 aliphatic heterocycles. The first-order valence-electron chi connectivity index (χ1n) is 11.5. The Labute approximate surface area is 215 Å². The van der Waals surface area contributed by atoms with E-state index in [1.165, 1.54) is 0 Å². The summed E-state index contributed by atoms with van der Waals surface area (Å²) in [5, 5.41) is 5.90. The molecule has 1 aromatic heterocycles. The van der Waals surface area contributed by atoms with Gasteiger partial charge in [-0.3, -0.25) is 9.59 Å². The number of carbonyl (C=O) groups excluding carboxylic acids is 2. The van der Waals surface area contributed by atoms with Crippen molar-refractivity contribution in [3.8, 4) is 11.1 Å².